The van der Waals surface area contributed by atoms with E-state index >= 15 is 0 Å². The molecule has 0 aliphatic carbocycles. The maximum Gasteiger partial charge on any atom is 1.00 e. The molecule has 2 heterocycles. The molecule has 0 spiro atoms. The van der Waals surface area contributed by atoms with Gasteiger partial charge in [-0.3, -0.25) is 0 Å². The summed E-state index contributed by atoms with van der Waals surface area (Å²) in [6.07, 6.45) is 3.68. The Bertz CT molecular complexity index is 1460. The predicted molar refractivity (Wildman–Crippen MR) is 132 cm³/mol. The number of aromatic nitrogens is 1. The van der Waals surface area contributed by atoms with Crippen molar-refractivity contribution in [1.82, 2.24) is 4.98 Å². The Balaban J connectivity index is 0.00000304. The second-order valence-corrected chi connectivity index (χ2v) is 9.40. The molecule has 4 aromatic rings. The molecule has 3 aromatic carbocycles. The van der Waals surface area contributed by atoms with Gasteiger partial charge in [0.05, 0.1) is 16.5 Å². The number of benzene rings is 3. The minimum Gasteiger partial charge on any atom is -0.550 e. The van der Waals surface area contributed by atoms with Gasteiger partial charge in [-0.25, -0.2) is 13.8 Å². The van der Waals surface area contributed by atoms with Gasteiger partial charge in [0.25, 0.3) is 0 Å². The van der Waals surface area contributed by atoms with Crippen LogP contribution in [0.25, 0.3) is 23.1 Å². The Labute approximate surface area is 233 Å². The Morgan fingerprint density at radius 1 is 1.03 bits per heavy atom. The number of hydrogen-bond donors (Lipinski definition) is 0. The summed E-state index contributed by atoms with van der Waals surface area (Å²) in [4.78, 5) is 15.4. The van der Waals surface area contributed by atoms with E-state index in [0.717, 1.165) is 40.1 Å². The number of pyridine rings is 1. The third kappa shape index (κ3) is 5.81. The number of thioether (sulfide) groups is 1. The summed E-state index contributed by atoms with van der Waals surface area (Å²) in [5.74, 6) is -1.73. The zero-order valence-electron chi connectivity index (χ0n) is 19.5. The molecular weight excluding hydrogens is 491 g/mol. The Kier molecular flexibility index (Phi) is 8.46. The van der Waals surface area contributed by atoms with Crippen molar-refractivity contribution < 1.29 is 53.0 Å². The van der Waals surface area contributed by atoms with E-state index in [2.05, 4.69) is 4.98 Å². The number of aliphatic carboxylic acids is 1. The topological polar surface area (TPSA) is 62.2 Å². The van der Waals surface area contributed by atoms with Crippen molar-refractivity contribution in [1.29, 1.82) is 0 Å². The zero-order valence-corrected chi connectivity index (χ0v) is 22.4. The van der Waals surface area contributed by atoms with Gasteiger partial charge in [0.2, 0.25) is 0 Å². The van der Waals surface area contributed by atoms with Crippen LogP contribution in [0.2, 0.25) is 0 Å². The standard InChI is InChI=1S/C28H21F2NO3S.Na/c29-23-14-18-7-9-20(31-25(18)15-24(23)30)8-5-17-6-10-26-22(13-17)28(35-12-11-27(32)33)21-4-2-1-3-19(21)16-34-26;/h1-10,13-15,28H,11-12,16H2,(H,32,33);/q;+1/p-1/b8-5+;. The molecule has 0 fully saturated rings. The van der Waals surface area contributed by atoms with Crippen molar-refractivity contribution in [2.24, 2.45) is 0 Å². The molecule has 0 radical (unpaired) electrons. The van der Waals surface area contributed by atoms with Crippen LogP contribution in [0.4, 0.5) is 8.78 Å². The van der Waals surface area contributed by atoms with Gasteiger partial charge in [-0.15, -0.1) is 11.8 Å². The number of nitrogens with zero attached hydrogens (tertiary/aromatic N) is 1. The number of carbonyl (C=O) groups excluding carboxylic acids is 1. The third-order valence-corrected chi connectivity index (χ3v) is 7.11. The molecule has 176 valence electrons. The SMILES string of the molecule is O=C([O-])CCSC1c2ccccc2COc2ccc(/C=C/c3ccc4cc(F)c(F)cc4n3)cc21.[Na+]. The average molecular weight is 512 g/mol. The zero-order chi connectivity index (χ0) is 24.4. The van der Waals surface area contributed by atoms with E-state index in [-0.39, 0.29) is 41.2 Å². The summed E-state index contributed by atoms with van der Waals surface area (Å²) in [5, 5.41) is 11.4. The third-order valence-electron chi connectivity index (χ3n) is 5.83. The molecule has 0 amide bonds. The molecule has 1 aliphatic rings. The van der Waals surface area contributed by atoms with Gasteiger partial charge in [0.1, 0.15) is 12.4 Å². The molecule has 1 aliphatic heterocycles. The van der Waals surface area contributed by atoms with Gasteiger partial charge >= 0.3 is 29.6 Å². The van der Waals surface area contributed by atoms with E-state index in [9.17, 15) is 18.7 Å². The van der Waals surface area contributed by atoms with Crippen molar-refractivity contribution in [3.63, 3.8) is 0 Å². The number of carboxylic acid groups (broad SMARTS) is 1. The van der Waals surface area contributed by atoms with Crippen LogP contribution in [0.15, 0.2) is 66.7 Å². The van der Waals surface area contributed by atoms with Crippen LogP contribution >= 0.6 is 11.8 Å². The largest absolute Gasteiger partial charge is 1.00 e. The van der Waals surface area contributed by atoms with Crippen LogP contribution in [0.5, 0.6) is 5.75 Å². The van der Waals surface area contributed by atoms with Gasteiger partial charge in [0, 0.05) is 23.0 Å². The van der Waals surface area contributed by atoms with Crippen LogP contribution in [0, 0.1) is 11.6 Å². The quantitative estimate of drug-likeness (QED) is 0.373. The monoisotopic (exact) mass is 511 g/mol. The molecule has 0 N–H and O–H groups in total. The summed E-state index contributed by atoms with van der Waals surface area (Å²) in [6.45, 7) is 0.439. The maximum atomic E-state index is 13.6. The van der Waals surface area contributed by atoms with E-state index in [0.29, 0.717) is 29.0 Å². The molecule has 4 nitrogen and oxygen atoms in total. The molecule has 5 rings (SSSR count). The number of halogens is 2. The minimum absolute atomic E-state index is 0. The fourth-order valence-electron chi connectivity index (χ4n) is 4.10. The number of carbonyl (C=O) groups is 1. The number of fused-ring (bicyclic) bond motifs is 3. The van der Waals surface area contributed by atoms with E-state index in [1.54, 1.807) is 23.9 Å². The Hall–Kier alpha value is -2.71. The van der Waals surface area contributed by atoms with Gasteiger partial charge < -0.3 is 14.6 Å². The molecule has 1 atom stereocenters. The summed E-state index contributed by atoms with van der Waals surface area (Å²) in [6, 6.07) is 19.6. The number of carboxylic acids is 1. The van der Waals surface area contributed by atoms with E-state index in [4.69, 9.17) is 4.74 Å². The number of hydrogen-bond acceptors (Lipinski definition) is 5. The molecule has 8 heteroatoms. The first-order chi connectivity index (χ1) is 17.0. The minimum atomic E-state index is -1.07. The van der Waals surface area contributed by atoms with Crippen molar-refractivity contribution in [2.45, 2.75) is 18.3 Å². The van der Waals surface area contributed by atoms with Crippen molar-refractivity contribution in [2.75, 3.05) is 5.75 Å². The molecule has 1 aromatic heterocycles. The molecule has 0 bridgehead atoms. The molecule has 1 unspecified atom stereocenters. The van der Waals surface area contributed by atoms with Crippen molar-refractivity contribution >= 4 is 40.8 Å². The van der Waals surface area contributed by atoms with Gasteiger partial charge in [0.15, 0.2) is 11.6 Å². The van der Waals surface area contributed by atoms with E-state index in [1.165, 1.54) is 0 Å². The van der Waals surface area contributed by atoms with Crippen molar-refractivity contribution in [3.8, 4) is 5.75 Å². The smallest absolute Gasteiger partial charge is 0.550 e. The first-order valence-electron chi connectivity index (χ1n) is 11.1. The van der Waals surface area contributed by atoms with Crippen LogP contribution < -0.4 is 39.4 Å². The fourth-order valence-corrected chi connectivity index (χ4v) is 5.39. The van der Waals surface area contributed by atoms with E-state index < -0.39 is 17.6 Å². The molecule has 0 saturated carbocycles. The maximum absolute atomic E-state index is 13.6. The van der Waals surface area contributed by atoms with E-state index in [1.807, 2.05) is 54.6 Å². The molecular formula is C28H20F2NNaO3S. The van der Waals surface area contributed by atoms with Crippen LogP contribution in [0.3, 0.4) is 0 Å². The first-order valence-corrected chi connectivity index (χ1v) is 12.1. The summed E-state index contributed by atoms with van der Waals surface area (Å²) in [7, 11) is 0. The normalized spacial score (nSPS) is 14.4. The van der Waals surface area contributed by atoms with Crippen molar-refractivity contribution in [3.05, 3.63) is 106 Å². The van der Waals surface area contributed by atoms with Crippen LogP contribution in [-0.2, 0) is 11.4 Å². The van der Waals surface area contributed by atoms with Gasteiger partial charge in [-0.2, -0.15) is 0 Å². The van der Waals surface area contributed by atoms with Crippen LogP contribution in [0.1, 0.15) is 39.6 Å². The fraction of sp³-hybridized carbons (Fsp3) is 0.143. The average Bonchev–Trinajstić information content (AvgIpc) is 3.00. The Morgan fingerprint density at radius 3 is 2.67 bits per heavy atom. The van der Waals surface area contributed by atoms with Gasteiger partial charge in [-0.1, -0.05) is 42.5 Å². The Morgan fingerprint density at radius 2 is 1.83 bits per heavy atom. The molecule has 0 saturated heterocycles. The second-order valence-electron chi connectivity index (χ2n) is 8.19. The summed E-state index contributed by atoms with van der Waals surface area (Å²) in [5.41, 5.74) is 5.02. The number of ether oxygens (including phenoxy) is 1. The first kappa shape index (κ1) is 26.4. The van der Waals surface area contributed by atoms with Crippen LogP contribution in [-0.4, -0.2) is 16.7 Å². The number of rotatable bonds is 6. The second kappa shape index (κ2) is 11.6. The molecule has 36 heavy (non-hydrogen) atoms. The predicted octanol–water partition coefficient (Wildman–Crippen LogP) is 2.54. The summed E-state index contributed by atoms with van der Waals surface area (Å²) < 4.78 is 33.2. The van der Waals surface area contributed by atoms with Gasteiger partial charge in [-0.05, 0) is 59.2 Å². The summed E-state index contributed by atoms with van der Waals surface area (Å²) >= 11 is 1.55.